The van der Waals surface area contributed by atoms with Gasteiger partial charge in [0, 0.05) is 29.3 Å². The topological polar surface area (TPSA) is 88.9 Å². The highest BCUT2D eigenvalue weighted by Crippen LogP contribution is 2.32. The molecule has 0 saturated heterocycles. The Labute approximate surface area is 213 Å². The molecule has 1 aromatic heterocycles. The molecule has 0 spiro atoms. The largest absolute Gasteiger partial charge is 0.417 e. The lowest BCUT2D eigenvalue weighted by Crippen LogP contribution is -2.30. The standard InChI is InChI=1S/C28H18F5N3O2/c29-21-9-8-20(25(30)12-21)15-36-22(13-24(28(31,32)33)23(14-34)27(36)38)11-16-2-1-3-19(10-16)17-4-6-18(7-5-17)26(35)37/h1-10,12-13H,11,15H2,(H2,35,37). The van der Waals surface area contributed by atoms with Crippen LogP contribution >= 0.6 is 0 Å². The summed E-state index contributed by atoms with van der Waals surface area (Å²) in [4.78, 5) is 24.4. The van der Waals surface area contributed by atoms with Gasteiger partial charge in [0.1, 0.15) is 23.3 Å². The molecule has 0 atom stereocenters. The van der Waals surface area contributed by atoms with Crippen molar-refractivity contribution >= 4 is 5.91 Å². The molecule has 1 amide bonds. The van der Waals surface area contributed by atoms with Crippen molar-refractivity contribution in [3.63, 3.8) is 0 Å². The van der Waals surface area contributed by atoms with Gasteiger partial charge in [-0.3, -0.25) is 9.59 Å². The van der Waals surface area contributed by atoms with Gasteiger partial charge in [-0.25, -0.2) is 8.78 Å². The quantitative estimate of drug-likeness (QED) is 0.342. The minimum absolute atomic E-state index is 0.119. The normalized spacial score (nSPS) is 11.3. The molecule has 2 N–H and O–H groups in total. The van der Waals surface area contributed by atoms with Crippen LogP contribution in [0.4, 0.5) is 22.0 Å². The Balaban J connectivity index is 1.82. The molecule has 0 bridgehead atoms. The Morgan fingerprint density at radius 2 is 1.66 bits per heavy atom. The Hall–Kier alpha value is -4.78. The fourth-order valence-corrected chi connectivity index (χ4v) is 4.07. The van der Waals surface area contributed by atoms with Crippen molar-refractivity contribution in [2.24, 2.45) is 5.73 Å². The van der Waals surface area contributed by atoms with E-state index < -0.39 is 46.9 Å². The molecule has 38 heavy (non-hydrogen) atoms. The number of hydrogen-bond acceptors (Lipinski definition) is 3. The fraction of sp³-hybridized carbons (Fsp3) is 0.107. The highest BCUT2D eigenvalue weighted by atomic mass is 19.4. The summed E-state index contributed by atoms with van der Waals surface area (Å²) in [6.45, 7) is -0.513. The Bertz CT molecular complexity index is 1630. The van der Waals surface area contributed by atoms with E-state index in [0.717, 1.165) is 16.7 Å². The number of primary amides is 1. The van der Waals surface area contributed by atoms with Crippen LogP contribution in [0.1, 0.15) is 38.3 Å². The van der Waals surface area contributed by atoms with Crippen LogP contribution in [-0.4, -0.2) is 10.5 Å². The first-order valence-corrected chi connectivity index (χ1v) is 11.1. The smallest absolute Gasteiger partial charge is 0.366 e. The predicted octanol–water partition coefficient (Wildman–Crippen LogP) is 5.42. The van der Waals surface area contributed by atoms with Gasteiger partial charge in [0.25, 0.3) is 5.56 Å². The minimum Gasteiger partial charge on any atom is -0.366 e. The van der Waals surface area contributed by atoms with Gasteiger partial charge in [0.2, 0.25) is 5.91 Å². The van der Waals surface area contributed by atoms with Gasteiger partial charge < -0.3 is 10.3 Å². The molecule has 0 unspecified atom stereocenters. The third-order valence-corrected chi connectivity index (χ3v) is 5.96. The number of carbonyl (C=O) groups is 1. The van der Waals surface area contributed by atoms with Crippen LogP contribution in [0.3, 0.4) is 0 Å². The molecule has 192 valence electrons. The van der Waals surface area contributed by atoms with E-state index >= 15 is 0 Å². The molecule has 10 heteroatoms. The summed E-state index contributed by atoms with van der Waals surface area (Å²) >= 11 is 0. The fourth-order valence-electron chi connectivity index (χ4n) is 4.07. The number of carbonyl (C=O) groups excluding carboxylic acids is 1. The monoisotopic (exact) mass is 523 g/mol. The van der Waals surface area contributed by atoms with E-state index in [1.807, 2.05) is 0 Å². The Kier molecular flexibility index (Phi) is 7.12. The molecule has 0 fully saturated rings. The third-order valence-electron chi connectivity index (χ3n) is 5.96. The number of nitriles is 1. The van der Waals surface area contributed by atoms with Gasteiger partial charge >= 0.3 is 6.18 Å². The molecule has 3 aromatic carbocycles. The molecule has 0 aliphatic carbocycles. The molecular formula is C28H18F5N3O2. The maximum Gasteiger partial charge on any atom is 0.417 e. The van der Waals surface area contributed by atoms with Crippen molar-refractivity contribution in [1.82, 2.24) is 4.57 Å². The van der Waals surface area contributed by atoms with Crippen LogP contribution in [0.15, 0.2) is 77.6 Å². The summed E-state index contributed by atoms with van der Waals surface area (Å²) in [6.07, 6.45) is -5.15. The molecule has 0 saturated carbocycles. The SMILES string of the molecule is N#Cc1c(C(F)(F)F)cc(Cc2cccc(-c3ccc(C(N)=O)cc3)c2)n(Cc2ccc(F)cc2F)c1=O. The number of hydrogen-bond donors (Lipinski definition) is 1. The van der Waals surface area contributed by atoms with Crippen molar-refractivity contribution in [3.05, 3.63) is 128 Å². The van der Waals surface area contributed by atoms with Crippen LogP contribution in [0.25, 0.3) is 11.1 Å². The molecule has 0 aliphatic rings. The van der Waals surface area contributed by atoms with Gasteiger partial charge in [-0.15, -0.1) is 0 Å². The number of nitrogens with two attached hydrogens (primary N) is 1. The van der Waals surface area contributed by atoms with Crippen molar-refractivity contribution in [2.45, 2.75) is 19.1 Å². The van der Waals surface area contributed by atoms with Crippen molar-refractivity contribution in [2.75, 3.05) is 0 Å². The summed E-state index contributed by atoms with van der Waals surface area (Å²) in [5, 5.41) is 9.33. The van der Waals surface area contributed by atoms with E-state index in [9.17, 15) is 36.8 Å². The van der Waals surface area contributed by atoms with Crippen LogP contribution in [-0.2, 0) is 19.1 Å². The minimum atomic E-state index is -4.98. The molecular weight excluding hydrogens is 505 g/mol. The van der Waals surface area contributed by atoms with Gasteiger partial charge in [-0.1, -0.05) is 42.5 Å². The van der Waals surface area contributed by atoms with Crippen LogP contribution < -0.4 is 11.3 Å². The predicted molar refractivity (Wildman–Crippen MR) is 129 cm³/mol. The summed E-state index contributed by atoms with van der Waals surface area (Å²) in [5.41, 5.74) is 3.47. The molecule has 0 radical (unpaired) electrons. The third kappa shape index (κ3) is 5.47. The van der Waals surface area contributed by atoms with E-state index in [4.69, 9.17) is 5.73 Å². The summed E-state index contributed by atoms with van der Waals surface area (Å²) < 4.78 is 69.9. The van der Waals surface area contributed by atoms with Crippen LogP contribution in [0, 0.1) is 23.0 Å². The van der Waals surface area contributed by atoms with Crippen molar-refractivity contribution < 1.29 is 26.7 Å². The van der Waals surface area contributed by atoms with Crippen molar-refractivity contribution in [3.8, 4) is 17.2 Å². The number of aromatic nitrogens is 1. The van der Waals surface area contributed by atoms with E-state index in [-0.39, 0.29) is 17.7 Å². The first-order valence-electron chi connectivity index (χ1n) is 11.1. The summed E-state index contributed by atoms with van der Waals surface area (Å²) in [6, 6.07) is 17.8. The summed E-state index contributed by atoms with van der Waals surface area (Å²) in [7, 11) is 0. The van der Waals surface area contributed by atoms with Gasteiger partial charge in [0.05, 0.1) is 12.1 Å². The zero-order valence-corrected chi connectivity index (χ0v) is 19.5. The van der Waals surface area contributed by atoms with Crippen molar-refractivity contribution in [1.29, 1.82) is 5.26 Å². The zero-order chi connectivity index (χ0) is 27.6. The molecule has 0 aliphatic heterocycles. The first-order chi connectivity index (χ1) is 18.0. The molecule has 1 heterocycles. The average molecular weight is 523 g/mol. The first kappa shape index (κ1) is 26.3. The molecule has 4 rings (SSSR count). The molecule has 4 aromatic rings. The van der Waals surface area contributed by atoms with Gasteiger partial charge in [0.15, 0.2) is 0 Å². The van der Waals surface area contributed by atoms with E-state index in [1.165, 1.54) is 18.2 Å². The number of halogens is 5. The number of alkyl halides is 3. The molecule has 5 nitrogen and oxygen atoms in total. The van der Waals surface area contributed by atoms with Gasteiger partial charge in [-0.2, -0.15) is 18.4 Å². The summed E-state index contributed by atoms with van der Waals surface area (Å²) in [5.74, 6) is -2.44. The second kappa shape index (κ2) is 10.3. The van der Waals surface area contributed by atoms with E-state index in [2.05, 4.69) is 0 Å². The Morgan fingerprint density at radius 1 is 0.947 bits per heavy atom. The highest BCUT2D eigenvalue weighted by Gasteiger charge is 2.36. The number of rotatable bonds is 6. The number of pyridine rings is 1. The van der Waals surface area contributed by atoms with Crippen LogP contribution in [0.5, 0.6) is 0 Å². The maximum atomic E-state index is 14.4. The Morgan fingerprint density at radius 3 is 2.26 bits per heavy atom. The number of nitrogens with zero attached hydrogens (tertiary/aromatic N) is 2. The average Bonchev–Trinajstić information content (AvgIpc) is 2.87. The van der Waals surface area contributed by atoms with Crippen LogP contribution in [0.2, 0.25) is 0 Å². The second-order valence-corrected chi connectivity index (χ2v) is 8.48. The van der Waals surface area contributed by atoms with E-state index in [0.29, 0.717) is 34.4 Å². The lowest BCUT2D eigenvalue weighted by atomic mass is 9.98. The lowest BCUT2D eigenvalue weighted by Gasteiger charge is -2.18. The number of amides is 1. The second-order valence-electron chi connectivity index (χ2n) is 8.48. The lowest BCUT2D eigenvalue weighted by molar-refractivity contribution is -0.138. The zero-order valence-electron chi connectivity index (χ0n) is 19.5. The maximum absolute atomic E-state index is 14.4. The van der Waals surface area contributed by atoms with Gasteiger partial charge in [-0.05, 0) is 41.0 Å². The number of benzene rings is 3. The highest BCUT2D eigenvalue weighted by molar-refractivity contribution is 5.93. The van der Waals surface area contributed by atoms with E-state index in [1.54, 1.807) is 36.4 Å².